The number of carboxylic acids is 2. The lowest BCUT2D eigenvalue weighted by Crippen LogP contribution is -1.92. The molecule has 5 heteroatoms. The smallest absolute Gasteiger partial charge is 0.328 e. The van der Waals surface area contributed by atoms with Crippen molar-refractivity contribution in [3.05, 3.63) is 96.9 Å². The maximum atomic E-state index is 10.3. The zero-order chi connectivity index (χ0) is 33.5. The summed E-state index contributed by atoms with van der Waals surface area (Å²) in [5, 5.41) is 26.3. The van der Waals surface area contributed by atoms with Crippen LogP contribution in [0.2, 0.25) is 0 Å². The standard InChI is InChI=1S/C20H32O3.C20H32O2/c1-2-3-4-5-6-7-8-9-10-11-12-13-14-16-19(21)17-15-18-20(22)23;1-2-3-4-5-6-7-8-9-10-11-12-13-14-15-16-17-18-19-20(21)22/h12-18,21H,2-11H2,1H3,(H,22,23);6-7,9-10,12-13,15-16H,2-5,8,11,14,17-19H2,1H3,(H,21,22)/b;7-6-,10-9-,13-12-,16-15-. The first-order chi connectivity index (χ1) is 21.9. The fourth-order valence-electron chi connectivity index (χ4n) is 4.12. The van der Waals surface area contributed by atoms with Crippen LogP contribution in [0.5, 0.6) is 0 Å². The van der Waals surface area contributed by atoms with Gasteiger partial charge in [0.05, 0.1) is 0 Å². The van der Waals surface area contributed by atoms with Gasteiger partial charge in [-0.3, -0.25) is 4.79 Å². The van der Waals surface area contributed by atoms with E-state index in [0.717, 1.165) is 44.6 Å². The van der Waals surface area contributed by atoms with Crippen molar-refractivity contribution >= 4 is 11.9 Å². The zero-order valence-electron chi connectivity index (χ0n) is 28.5. The van der Waals surface area contributed by atoms with E-state index in [4.69, 9.17) is 10.2 Å². The molecular weight excluding hydrogens is 560 g/mol. The maximum absolute atomic E-state index is 10.3. The zero-order valence-corrected chi connectivity index (χ0v) is 28.5. The average molecular weight is 625 g/mol. The fraction of sp³-hybridized carbons (Fsp3) is 0.550. The van der Waals surface area contributed by atoms with Crippen LogP contribution in [-0.4, -0.2) is 27.3 Å². The molecule has 0 aromatic carbocycles. The molecule has 0 aromatic rings. The predicted octanol–water partition coefficient (Wildman–Crippen LogP) is 12.3. The SMILES string of the molecule is CCCCC/C=C\C/C=C\C/C=C\C/C=C\CCCC(=O)O.CCCCCCCCCCCC=CC=CC(O)=CC=CC(=O)O. The molecule has 0 spiro atoms. The van der Waals surface area contributed by atoms with E-state index in [0.29, 0.717) is 0 Å². The lowest BCUT2D eigenvalue weighted by Gasteiger charge is -2.00. The number of carbonyl (C=O) groups is 2. The van der Waals surface area contributed by atoms with Crippen LogP contribution in [0.15, 0.2) is 96.9 Å². The predicted molar refractivity (Wildman–Crippen MR) is 194 cm³/mol. The highest BCUT2D eigenvalue weighted by Gasteiger charge is 1.93. The van der Waals surface area contributed by atoms with Crippen molar-refractivity contribution in [1.29, 1.82) is 0 Å². The number of unbranched alkanes of at least 4 members (excludes halogenated alkanes) is 13. The number of aliphatic hydroxyl groups is 1. The average Bonchev–Trinajstić information content (AvgIpc) is 3.01. The second-order valence-electron chi connectivity index (χ2n) is 11.1. The minimum atomic E-state index is -1.03. The molecule has 45 heavy (non-hydrogen) atoms. The normalized spacial score (nSPS) is 12.6. The summed E-state index contributed by atoms with van der Waals surface area (Å²) < 4.78 is 0. The molecule has 0 fully saturated rings. The minimum absolute atomic E-state index is 0.0372. The highest BCUT2D eigenvalue weighted by molar-refractivity contribution is 5.80. The van der Waals surface area contributed by atoms with Gasteiger partial charge in [0.15, 0.2) is 0 Å². The number of aliphatic carboxylic acids is 2. The molecular formula is C40H64O5. The molecule has 0 amide bonds. The molecule has 0 saturated carbocycles. The largest absolute Gasteiger partial charge is 0.508 e. The number of aliphatic hydroxyl groups excluding tert-OH is 1. The van der Waals surface area contributed by atoms with Gasteiger partial charge in [0.1, 0.15) is 5.76 Å². The van der Waals surface area contributed by atoms with Crippen molar-refractivity contribution in [3.8, 4) is 0 Å². The molecule has 0 atom stereocenters. The third-order valence-corrected chi connectivity index (χ3v) is 6.71. The topological polar surface area (TPSA) is 94.8 Å². The highest BCUT2D eigenvalue weighted by atomic mass is 16.4. The molecule has 0 aliphatic heterocycles. The van der Waals surface area contributed by atoms with Crippen LogP contribution in [-0.2, 0) is 9.59 Å². The third-order valence-electron chi connectivity index (χ3n) is 6.71. The lowest BCUT2D eigenvalue weighted by atomic mass is 10.1. The van der Waals surface area contributed by atoms with Crippen LogP contribution in [0.25, 0.3) is 0 Å². The van der Waals surface area contributed by atoms with E-state index >= 15 is 0 Å². The number of allylic oxidation sites excluding steroid dienone is 14. The lowest BCUT2D eigenvalue weighted by molar-refractivity contribution is -0.137. The molecule has 5 nitrogen and oxygen atoms in total. The van der Waals surface area contributed by atoms with Gasteiger partial charge in [-0.15, -0.1) is 0 Å². The molecule has 0 unspecified atom stereocenters. The Bertz CT molecular complexity index is 915. The monoisotopic (exact) mass is 624 g/mol. The van der Waals surface area contributed by atoms with Crippen molar-refractivity contribution in [1.82, 2.24) is 0 Å². The van der Waals surface area contributed by atoms with E-state index < -0.39 is 11.9 Å². The molecule has 3 N–H and O–H groups in total. The molecule has 0 rings (SSSR count). The van der Waals surface area contributed by atoms with Gasteiger partial charge in [-0.2, -0.15) is 0 Å². The first-order valence-electron chi connectivity index (χ1n) is 17.4. The van der Waals surface area contributed by atoms with Crippen LogP contribution >= 0.6 is 0 Å². The summed E-state index contributed by atoms with van der Waals surface area (Å²) in [6.07, 6.45) is 51.3. The summed E-state index contributed by atoms with van der Waals surface area (Å²) in [4.78, 5) is 20.6. The Balaban J connectivity index is 0. The molecule has 0 aliphatic rings. The van der Waals surface area contributed by atoms with Gasteiger partial charge < -0.3 is 15.3 Å². The number of carboxylic acid groups (broad SMARTS) is 2. The summed E-state index contributed by atoms with van der Waals surface area (Å²) in [6.45, 7) is 4.48. The van der Waals surface area contributed by atoms with Crippen molar-refractivity contribution in [2.75, 3.05) is 0 Å². The Morgan fingerprint density at radius 3 is 1.44 bits per heavy atom. The number of rotatable bonds is 28. The molecule has 0 saturated heterocycles. The van der Waals surface area contributed by atoms with Crippen LogP contribution in [0.1, 0.15) is 142 Å². The fourth-order valence-corrected chi connectivity index (χ4v) is 4.12. The summed E-state index contributed by atoms with van der Waals surface area (Å²) in [6, 6.07) is 0. The third kappa shape index (κ3) is 45.2. The molecule has 0 aliphatic carbocycles. The van der Waals surface area contributed by atoms with Gasteiger partial charge in [-0.05, 0) is 69.9 Å². The summed E-state index contributed by atoms with van der Waals surface area (Å²) in [7, 11) is 0. The van der Waals surface area contributed by atoms with Crippen molar-refractivity contribution < 1.29 is 24.9 Å². The number of hydrogen-bond donors (Lipinski definition) is 3. The van der Waals surface area contributed by atoms with E-state index in [1.807, 2.05) is 6.08 Å². The van der Waals surface area contributed by atoms with Gasteiger partial charge in [0.25, 0.3) is 0 Å². The van der Waals surface area contributed by atoms with Crippen LogP contribution < -0.4 is 0 Å². The summed E-state index contributed by atoms with van der Waals surface area (Å²) in [5.74, 6) is -1.70. The van der Waals surface area contributed by atoms with Crippen LogP contribution in [0.3, 0.4) is 0 Å². The molecule has 254 valence electrons. The Kier molecular flexibility index (Phi) is 37.6. The Morgan fingerprint density at radius 2 is 0.911 bits per heavy atom. The van der Waals surface area contributed by atoms with Gasteiger partial charge in [0.2, 0.25) is 0 Å². The molecule has 0 radical (unpaired) electrons. The van der Waals surface area contributed by atoms with Crippen molar-refractivity contribution in [2.45, 2.75) is 142 Å². The van der Waals surface area contributed by atoms with Crippen LogP contribution in [0, 0.1) is 0 Å². The van der Waals surface area contributed by atoms with E-state index in [-0.39, 0.29) is 12.2 Å². The second kappa shape index (κ2) is 38.7. The Morgan fingerprint density at radius 1 is 0.467 bits per heavy atom. The van der Waals surface area contributed by atoms with E-state index in [9.17, 15) is 14.7 Å². The Hall–Kier alpha value is -3.34. The molecule has 0 heterocycles. The van der Waals surface area contributed by atoms with Gasteiger partial charge in [-0.1, -0.05) is 151 Å². The van der Waals surface area contributed by atoms with Crippen molar-refractivity contribution in [2.24, 2.45) is 0 Å². The van der Waals surface area contributed by atoms with Gasteiger partial charge >= 0.3 is 11.9 Å². The second-order valence-corrected chi connectivity index (χ2v) is 11.1. The summed E-state index contributed by atoms with van der Waals surface area (Å²) >= 11 is 0. The van der Waals surface area contributed by atoms with E-state index in [1.165, 1.54) is 95.6 Å². The maximum Gasteiger partial charge on any atom is 0.328 e. The minimum Gasteiger partial charge on any atom is -0.508 e. The number of hydrogen-bond acceptors (Lipinski definition) is 3. The summed E-state index contributed by atoms with van der Waals surface area (Å²) in [5.41, 5.74) is 0. The Labute approximate surface area is 275 Å². The van der Waals surface area contributed by atoms with E-state index in [1.54, 1.807) is 12.2 Å². The van der Waals surface area contributed by atoms with Crippen molar-refractivity contribution in [3.63, 3.8) is 0 Å². The van der Waals surface area contributed by atoms with Gasteiger partial charge in [0, 0.05) is 12.5 Å². The molecule has 0 aromatic heterocycles. The van der Waals surface area contributed by atoms with Gasteiger partial charge in [-0.25, -0.2) is 4.79 Å². The highest BCUT2D eigenvalue weighted by Crippen LogP contribution is 2.10. The first-order valence-corrected chi connectivity index (χ1v) is 17.4. The van der Waals surface area contributed by atoms with E-state index in [2.05, 4.69) is 68.5 Å². The first kappa shape index (κ1) is 43.8. The molecule has 0 bridgehead atoms. The van der Waals surface area contributed by atoms with Crippen LogP contribution in [0.4, 0.5) is 0 Å². The quantitative estimate of drug-likeness (QED) is 0.0265.